The highest BCUT2D eigenvalue weighted by atomic mass is 79.9. The number of thiazole rings is 1. The number of rotatable bonds is 9. The minimum atomic E-state index is -4.34. The molecule has 11 heteroatoms. The molecule has 1 N–H and O–H groups in total. The van der Waals surface area contributed by atoms with Crippen molar-refractivity contribution < 1.29 is 22.7 Å². The summed E-state index contributed by atoms with van der Waals surface area (Å²) in [5, 5.41) is 0.772. The predicted octanol–water partition coefficient (Wildman–Crippen LogP) is 3.41. The molecule has 0 aliphatic rings. The Hall–Kier alpha value is -1.14. The van der Waals surface area contributed by atoms with Crippen molar-refractivity contribution in [3.63, 3.8) is 0 Å². The summed E-state index contributed by atoms with van der Waals surface area (Å²) in [4.78, 5) is 11.3. The molecule has 0 aliphatic carbocycles. The maximum absolute atomic E-state index is 12.7. The van der Waals surface area contributed by atoms with Gasteiger partial charge < -0.3 is 14.3 Å². The van der Waals surface area contributed by atoms with Crippen LogP contribution in [-0.4, -0.2) is 39.4 Å². The highest BCUT2D eigenvalue weighted by molar-refractivity contribution is 9.11. The van der Waals surface area contributed by atoms with Crippen molar-refractivity contribution in [3.8, 4) is 0 Å². The molecule has 0 aliphatic heterocycles. The van der Waals surface area contributed by atoms with Crippen molar-refractivity contribution in [2.45, 2.75) is 18.6 Å². The molecule has 0 fully saturated rings. The number of benzene rings is 1. The molecule has 0 saturated carbocycles. The quantitative estimate of drug-likeness (QED) is 0.467. The number of hydrogen-bond donors (Lipinski definition) is 1. The molecule has 1 heterocycles. The van der Waals surface area contributed by atoms with Crippen LogP contribution < -0.4 is 10.3 Å². The molecule has 0 radical (unpaired) electrons. The average molecular weight is 452 g/mol. The van der Waals surface area contributed by atoms with Gasteiger partial charge in [0.05, 0.1) is 28.7 Å². The standard InChI is InChI=1S/C15H18BBrF3N3O2S/c1-24-16-23(14-21-8-13(17)26-14)9-12(22-25-2)7-10-3-5-11(6-4-10)15(18,19)20/h3-6,8,12,16,22H,7,9H2,1-2H3/t12-/m0/s1. The Kier molecular flexibility index (Phi) is 7.90. The summed E-state index contributed by atoms with van der Waals surface area (Å²) in [6.45, 7) is 0.503. The van der Waals surface area contributed by atoms with E-state index in [1.807, 2.05) is 4.81 Å². The Labute approximate surface area is 162 Å². The second kappa shape index (κ2) is 9.70. The van der Waals surface area contributed by atoms with E-state index in [1.165, 1.54) is 30.6 Å². The average Bonchev–Trinajstić information content (AvgIpc) is 3.01. The molecule has 26 heavy (non-hydrogen) atoms. The number of nitrogens with one attached hydrogen (secondary N) is 1. The lowest BCUT2D eigenvalue weighted by molar-refractivity contribution is -0.137. The maximum atomic E-state index is 12.7. The molecule has 1 aromatic heterocycles. The summed E-state index contributed by atoms with van der Waals surface area (Å²) in [6.07, 6.45) is -2.15. The van der Waals surface area contributed by atoms with Crippen molar-refractivity contribution in [2.24, 2.45) is 0 Å². The van der Waals surface area contributed by atoms with Crippen molar-refractivity contribution in [1.82, 2.24) is 10.5 Å². The normalized spacial score (nSPS) is 12.8. The van der Waals surface area contributed by atoms with E-state index in [4.69, 9.17) is 9.49 Å². The smallest absolute Gasteiger partial charge is 0.416 e. The lowest BCUT2D eigenvalue weighted by Crippen LogP contribution is -2.44. The van der Waals surface area contributed by atoms with Gasteiger partial charge in [0, 0.05) is 13.7 Å². The molecule has 2 aromatic rings. The summed E-state index contributed by atoms with van der Waals surface area (Å²) >= 11 is 4.85. The number of aromatic nitrogens is 1. The van der Waals surface area contributed by atoms with Gasteiger partial charge in [-0.1, -0.05) is 23.5 Å². The van der Waals surface area contributed by atoms with Crippen LogP contribution in [0.5, 0.6) is 0 Å². The lowest BCUT2D eigenvalue weighted by atomic mass is 10.0. The number of alkyl halides is 3. The summed E-state index contributed by atoms with van der Waals surface area (Å²) in [6, 6.07) is 4.96. The number of hydroxylamine groups is 1. The molecule has 1 atom stereocenters. The zero-order valence-corrected chi connectivity index (χ0v) is 16.6. The second-order valence-corrected chi connectivity index (χ2v) is 7.89. The highest BCUT2D eigenvalue weighted by Crippen LogP contribution is 2.29. The zero-order valence-electron chi connectivity index (χ0n) is 14.2. The third-order valence-electron chi connectivity index (χ3n) is 3.51. The topological polar surface area (TPSA) is 46.6 Å². The van der Waals surface area contributed by atoms with Gasteiger partial charge in [-0.2, -0.15) is 18.7 Å². The first-order valence-electron chi connectivity index (χ1n) is 7.63. The number of anilines is 1. The van der Waals surface area contributed by atoms with Gasteiger partial charge in [0.1, 0.15) is 0 Å². The van der Waals surface area contributed by atoms with Crippen LogP contribution >= 0.6 is 27.3 Å². The SMILES string of the molecule is COBN(C[C@H](Cc1ccc(C(F)(F)F)cc1)NOC)c1ncc(Br)s1. The Bertz CT molecular complexity index is 688. The van der Waals surface area contributed by atoms with Gasteiger partial charge in [-0.15, -0.1) is 0 Å². The fourth-order valence-corrected chi connectivity index (χ4v) is 3.60. The first-order valence-corrected chi connectivity index (χ1v) is 9.24. The van der Waals surface area contributed by atoms with E-state index in [0.717, 1.165) is 26.6 Å². The molecule has 5 nitrogen and oxygen atoms in total. The summed E-state index contributed by atoms with van der Waals surface area (Å²) in [5.74, 6) is 0. The van der Waals surface area contributed by atoms with E-state index in [-0.39, 0.29) is 6.04 Å². The van der Waals surface area contributed by atoms with Crippen molar-refractivity contribution in [1.29, 1.82) is 0 Å². The van der Waals surface area contributed by atoms with Crippen LogP contribution in [0.15, 0.2) is 34.2 Å². The predicted molar refractivity (Wildman–Crippen MR) is 100 cm³/mol. The van der Waals surface area contributed by atoms with Crippen molar-refractivity contribution in [2.75, 3.05) is 25.6 Å². The number of hydrogen-bond acceptors (Lipinski definition) is 6. The molecule has 0 bridgehead atoms. The molecule has 0 amide bonds. The van der Waals surface area contributed by atoms with E-state index >= 15 is 0 Å². The Morgan fingerprint density at radius 3 is 2.50 bits per heavy atom. The van der Waals surface area contributed by atoms with Gasteiger partial charge in [0.15, 0.2) is 5.13 Å². The van der Waals surface area contributed by atoms with Crippen LogP contribution in [0.25, 0.3) is 0 Å². The number of nitrogens with zero attached hydrogens (tertiary/aromatic N) is 2. The lowest BCUT2D eigenvalue weighted by Gasteiger charge is -2.26. The van der Waals surface area contributed by atoms with E-state index in [0.29, 0.717) is 20.6 Å². The second-order valence-electron chi connectivity index (χ2n) is 5.50. The molecule has 142 valence electrons. The zero-order chi connectivity index (χ0) is 19.2. The Morgan fingerprint density at radius 1 is 1.31 bits per heavy atom. The van der Waals surface area contributed by atoms with Gasteiger partial charge in [-0.3, -0.25) is 0 Å². The van der Waals surface area contributed by atoms with E-state index in [2.05, 4.69) is 26.4 Å². The maximum Gasteiger partial charge on any atom is 0.416 e. The van der Waals surface area contributed by atoms with Crippen LogP contribution in [0.4, 0.5) is 18.3 Å². The Balaban J connectivity index is 2.09. The van der Waals surface area contributed by atoms with Gasteiger partial charge >= 0.3 is 13.8 Å². The summed E-state index contributed by atoms with van der Waals surface area (Å²) in [5.41, 5.74) is 2.99. The third kappa shape index (κ3) is 6.24. The fourth-order valence-electron chi connectivity index (χ4n) is 2.42. The molecular weight excluding hydrogens is 434 g/mol. The summed E-state index contributed by atoms with van der Waals surface area (Å²) in [7, 11) is 3.42. The largest absolute Gasteiger partial charge is 0.422 e. The van der Waals surface area contributed by atoms with Gasteiger partial charge in [0.2, 0.25) is 0 Å². The fraction of sp³-hybridized carbons (Fsp3) is 0.400. The summed E-state index contributed by atoms with van der Waals surface area (Å²) < 4.78 is 44.2. The van der Waals surface area contributed by atoms with Crippen LogP contribution in [0.2, 0.25) is 0 Å². The number of halogens is 4. The van der Waals surface area contributed by atoms with Crippen LogP contribution in [-0.2, 0) is 22.1 Å². The van der Waals surface area contributed by atoms with Crippen LogP contribution in [0.1, 0.15) is 11.1 Å². The van der Waals surface area contributed by atoms with Crippen molar-refractivity contribution in [3.05, 3.63) is 45.4 Å². The first-order chi connectivity index (χ1) is 12.3. The van der Waals surface area contributed by atoms with Crippen LogP contribution in [0, 0.1) is 0 Å². The molecule has 1 aromatic carbocycles. The molecule has 0 spiro atoms. The minimum absolute atomic E-state index is 0.172. The molecule has 0 unspecified atom stereocenters. The molecular formula is C15H18BBrF3N3O2S. The Morgan fingerprint density at radius 2 is 2.00 bits per heavy atom. The minimum Gasteiger partial charge on any atom is -0.422 e. The molecule has 2 rings (SSSR count). The van der Waals surface area contributed by atoms with E-state index in [1.54, 1.807) is 13.3 Å². The van der Waals surface area contributed by atoms with Crippen molar-refractivity contribution >= 4 is 40.0 Å². The van der Waals surface area contributed by atoms with Crippen LogP contribution in [0.3, 0.4) is 0 Å². The first kappa shape index (κ1) is 21.2. The van der Waals surface area contributed by atoms with Gasteiger partial charge in [-0.05, 0) is 40.0 Å². The van der Waals surface area contributed by atoms with E-state index < -0.39 is 11.7 Å². The highest BCUT2D eigenvalue weighted by Gasteiger charge is 2.30. The third-order valence-corrected chi connectivity index (χ3v) is 5.05. The molecule has 0 saturated heterocycles. The van der Waals surface area contributed by atoms with Gasteiger partial charge in [0.25, 0.3) is 0 Å². The monoisotopic (exact) mass is 451 g/mol. The van der Waals surface area contributed by atoms with Gasteiger partial charge in [-0.25, -0.2) is 4.98 Å². The van der Waals surface area contributed by atoms with E-state index in [9.17, 15) is 13.2 Å².